The second kappa shape index (κ2) is 7.06. The van der Waals surface area contributed by atoms with Crippen molar-refractivity contribution in [2.75, 3.05) is 51.5 Å². The van der Waals surface area contributed by atoms with Crippen LogP contribution in [0.15, 0.2) is 12.3 Å². The van der Waals surface area contributed by atoms with E-state index in [1.807, 2.05) is 25.1 Å². The molecule has 1 heterocycles. The monoisotopic (exact) mass is 237 g/mol. The van der Waals surface area contributed by atoms with Gasteiger partial charge < -0.3 is 15.1 Å². The Balaban J connectivity index is 2.29. The van der Waals surface area contributed by atoms with Gasteiger partial charge in [0.05, 0.1) is 0 Å². The molecule has 0 aromatic carbocycles. The minimum absolute atomic E-state index is 0.739. The van der Waals surface area contributed by atoms with Crippen molar-refractivity contribution in [2.24, 2.45) is 0 Å². The van der Waals surface area contributed by atoms with Crippen LogP contribution in [0.4, 0.5) is 11.8 Å². The Bertz CT molecular complexity index is 324. The van der Waals surface area contributed by atoms with Gasteiger partial charge in [0, 0.05) is 26.8 Å². The summed E-state index contributed by atoms with van der Waals surface area (Å²) in [5.74, 6) is 1.64. The molecule has 0 aliphatic heterocycles. The first-order valence-corrected chi connectivity index (χ1v) is 5.98. The fourth-order valence-electron chi connectivity index (χ4n) is 1.43. The molecule has 0 fully saturated rings. The van der Waals surface area contributed by atoms with Gasteiger partial charge in [-0.3, -0.25) is 0 Å². The summed E-state index contributed by atoms with van der Waals surface area (Å²) in [6.45, 7) is 2.09. The van der Waals surface area contributed by atoms with Crippen molar-refractivity contribution in [2.45, 2.75) is 12.8 Å². The predicted octanol–water partition coefficient (Wildman–Crippen LogP) is 1.30. The largest absolute Gasteiger partial charge is 0.370 e. The summed E-state index contributed by atoms with van der Waals surface area (Å²) in [6.07, 6.45) is 4.13. The lowest BCUT2D eigenvalue weighted by molar-refractivity contribution is 0.396. The highest BCUT2D eigenvalue weighted by atomic mass is 15.2. The van der Waals surface area contributed by atoms with E-state index in [1.165, 1.54) is 6.42 Å². The Morgan fingerprint density at radius 3 is 2.59 bits per heavy atom. The summed E-state index contributed by atoms with van der Waals surface area (Å²) in [5, 5.41) is 3.32. The van der Waals surface area contributed by atoms with E-state index in [0.29, 0.717) is 0 Å². The number of aromatic nitrogens is 2. The van der Waals surface area contributed by atoms with Gasteiger partial charge in [-0.05, 0) is 39.5 Å². The Morgan fingerprint density at radius 2 is 1.94 bits per heavy atom. The minimum atomic E-state index is 0.739. The first-order chi connectivity index (χ1) is 8.09. The molecule has 0 unspecified atom stereocenters. The van der Waals surface area contributed by atoms with E-state index in [4.69, 9.17) is 0 Å². The molecule has 5 nitrogen and oxygen atoms in total. The maximum absolute atomic E-state index is 4.40. The predicted molar refractivity (Wildman–Crippen MR) is 72.6 cm³/mol. The lowest BCUT2D eigenvalue weighted by Gasteiger charge is -2.12. The van der Waals surface area contributed by atoms with Crippen LogP contribution in [0.5, 0.6) is 0 Å². The van der Waals surface area contributed by atoms with Gasteiger partial charge in [0.25, 0.3) is 0 Å². The number of hydrogen-bond donors (Lipinski definition) is 1. The average Bonchev–Trinajstić information content (AvgIpc) is 2.28. The van der Waals surface area contributed by atoms with Crippen LogP contribution in [0.2, 0.25) is 0 Å². The van der Waals surface area contributed by atoms with Crippen molar-refractivity contribution < 1.29 is 0 Å². The highest BCUT2D eigenvalue weighted by Gasteiger charge is 2.00. The number of anilines is 2. The fourth-order valence-corrected chi connectivity index (χ4v) is 1.43. The first kappa shape index (κ1) is 13.7. The lowest BCUT2D eigenvalue weighted by atomic mass is 10.3. The third-order valence-electron chi connectivity index (χ3n) is 2.38. The lowest BCUT2D eigenvalue weighted by Crippen LogP contribution is -2.15. The van der Waals surface area contributed by atoms with E-state index in [2.05, 4.69) is 34.3 Å². The SMILES string of the molecule is CN(C)CCCCNc1ccnc(N(C)C)n1. The number of rotatable bonds is 7. The van der Waals surface area contributed by atoms with Crippen molar-refractivity contribution in [1.29, 1.82) is 0 Å². The van der Waals surface area contributed by atoms with Crippen molar-refractivity contribution in [3.63, 3.8) is 0 Å². The van der Waals surface area contributed by atoms with Crippen LogP contribution in [-0.2, 0) is 0 Å². The molecule has 1 N–H and O–H groups in total. The molecule has 0 amide bonds. The zero-order valence-corrected chi connectivity index (χ0v) is 11.3. The third kappa shape index (κ3) is 5.49. The molecule has 0 atom stereocenters. The van der Waals surface area contributed by atoms with Gasteiger partial charge in [-0.25, -0.2) is 4.98 Å². The van der Waals surface area contributed by atoms with Crippen LogP contribution < -0.4 is 10.2 Å². The van der Waals surface area contributed by atoms with Gasteiger partial charge >= 0.3 is 0 Å². The molecule has 0 radical (unpaired) electrons. The van der Waals surface area contributed by atoms with Gasteiger partial charge in [0.15, 0.2) is 0 Å². The van der Waals surface area contributed by atoms with Crippen LogP contribution in [0, 0.1) is 0 Å². The average molecular weight is 237 g/mol. The standard InChI is InChI=1S/C12H23N5/c1-16(2)10-6-5-8-13-11-7-9-14-12(15-11)17(3)4/h7,9H,5-6,8,10H2,1-4H3,(H,13,14,15). The second-order valence-corrected chi connectivity index (χ2v) is 4.57. The van der Waals surface area contributed by atoms with E-state index in [1.54, 1.807) is 6.20 Å². The second-order valence-electron chi connectivity index (χ2n) is 4.57. The molecule has 1 aromatic heterocycles. The molecule has 0 saturated carbocycles. The van der Waals surface area contributed by atoms with Crippen LogP contribution in [0.25, 0.3) is 0 Å². The minimum Gasteiger partial charge on any atom is -0.370 e. The van der Waals surface area contributed by atoms with Crippen LogP contribution >= 0.6 is 0 Å². The molecular formula is C12H23N5. The van der Waals surface area contributed by atoms with Gasteiger partial charge in [-0.1, -0.05) is 0 Å². The molecular weight excluding hydrogens is 214 g/mol. The Hall–Kier alpha value is -1.36. The quantitative estimate of drug-likeness (QED) is 0.724. The number of hydrogen-bond acceptors (Lipinski definition) is 5. The molecule has 0 aliphatic carbocycles. The maximum Gasteiger partial charge on any atom is 0.226 e. The van der Waals surface area contributed by atoms with E-state index in [-0.39, 0.29) is 0 Å². The van der Waals surface area contributed by atoms with Crippen molar-refractivity contribution in [3.8, 4) is 0 Å². The molecule has 5 heteroatoms. The van der Waals surface area contributed by atoms with Gasteiger partial charge in [0.1, 0.15) is 5.82 Å². The molecule has 1 rings (SSSR count). The van der Waals surface area contributed by atoms with E-state index in [0.717, 1.165) is 31.3 Å². The summed E-state index contributed by atoms with van der Waals surface area (Å²) < 4.78 is 0. The van der Waals surface area contributed by atoms with Crippen molar-refractivity contribution >= 4 is 11.8 Å². The topological polar surface area (TPSA) is 44.3 Å². The normalized spacial score (nSPS) is 10.6. The summed E-state index contributed by atoms with van der Waals surface area (Å²) in [7, 11) is 8.08. The zero-order chi connectivity index (χ0) is 12.7. The molecule has 0 saturated heterocycles. The molecule has 17 heavy (non-hydrogen) atoms. The zero-order valence-electron chi connectivity index (χ0n) is 11.3. The Labute approximate surface area is 104 Å². The fraction of sp³-hybridized carbons (Fsp3) is 0.667. The van der Waals surface area contributed by atoms with E-state index < -0.39 is 0 Å². The van der Waals surface area contributed by atoms with Gasteiger partial charge in [0.2, 0.25) is 5.95 Å². The van der Waals surface area contributed by atoms with Crippen molar-refractivity contribution in [3.05, 3.63) is 12.3 Å². The molecule has 0 bridgehead atoms. The number of nitrogens with zero attached hydrogens (tertiary/aromatic N) is 4. The Morgan fingerprint density at radius 1 is 1.18 bits per heavy atom. The number of nitrogens with one attached hydrogen (secondary N) is 1. The maximum atomic E-state index is 4.40. The van der Waals surface area contributed by atoms with E-state index >= 15 is 0 Å². The van der Waals surface area contributed by atoms with Gasteiger partial charge in [-0.2, -0.15) is 4.98 Å². The summed E-state index contributed by atoms with van der Waals surface area (Å²) in [4.78, 5) is 12.7. The first-order valence-electron chi connectivity index (χ1n) is 5.98. The molecule has 0 spiro atoms. The smallest absolute Gasteiger partial charge is 0.226 e. The highest BCUT2D eigenvalue weighted by Crippen LogP contribution is 2.07. The summed E-state index contributed by atoms with van der Waals surface area (Å²) in [6, 6.07) is 1.90. The van der Waals surface area contributed by atoms with Crippen LogP contribution in [-0.4, -0.2) is 56.1 Å². The van der Waals surface area contributed by atoms with Gasteiger partial charge in [-0.15, -0.1) is 0 Å². The summed E-state index contributed by atoms with van der Waals surface area (Å²) in [5.41, 5.74) is 0. The van der Waals surface area contributed by atoms with Crippen LogP contribution in [0.3, 0.4) is 0 Å². The third-order valence-corrected chi connectivity index (χ3v) is 2.38. The highest BCUT2D eigenvalue weighted by molar-refractivity contribution is 5.40. The Kier molecular flexibility index (Phi) is 5.69. The summed E-state index contributed by atoms with van der Waals surface area (Å²) >= 11 is 0. The molecule has 0 aliphatic rings. The van der Waals surface area contributed by atoms with Crippen molar-refractivity contribution in [1.82, 2.24) is 14.9 Å². The van der Waals surface area contributed by atoms with Crippen LogP contribution in [0.1, 0.15) is 12.8 Å². The molecule has 1 aromatic rings. The number of unbranched alkanes of at least 4 members (excludes halogenated alkanes) is 1. The van der Waals surface area contributed by atoms with E-state index in [9.17, 15) is 0 Å². The molecule has 96 valence electrons.